The first-order chi connectivity index (χ1) is 8.84. The van der Waals surface area contributed by atoms with Gasteiger partial charge in [0.05, 0.1) is 29.3 Å². The highest BCUT2D eigenvalue weighted by molar-refractivity contribution is 6.33. The predicted octanol–water partition coefficient (Wildman–Crippen LogP) is 3.72. The van der Waals surface area contributed by atoms with E-state index in [0.717, 1.165) is 12.1 Å². The molecule has 7 heteroatoms. The fourth-order valence-electron chi connectivity index (χ4n) is 1.37. The van der Waals surface area contributed by atoms with Gasteiger partial charge in [0.15, 0.2) is 0 Å². The van der Waals surface area contributed by atoms with Gasteiger partial charge in [-0.05, 0) is 25.1 Å². The van der Waals surface area contributed by atoms with Crippen LogP contribution in [0, 0.1) is 0 Å². The van der Waals surface area contributed by atoms with E-state index in [-0.39, 0.29) is 24.0 Å². The van der Waals surface area contributed by atoms with Crippen molar-refractivity contribution in [3.8, 4) is 0 Å². The zero-order chi connectivity index (χ0) is 14.5. The molecule has 0 aromatic heterocycles. The van der Waals surface area contributed by atoms with E-state index in [1.165, 1.54) is 6.07 Å². The first-order valence-electron chi connectivity index (χ1n) is 5.61. The minimum absolute atomic E-state index is 0.0429. The molecule has 1 aromatic rings. The number of carbonyl (C=O) groups is 1. The number of hydrogen-bond donors (Lipinski definition) is 1. The second-order valence-electron chi connectivity index (χ2n) is 3.67. The maximum absolute atomic E-state index is 12.4. The van der Waals surface area contributed by atoms with Gasteiger partial charge in [0, 0.05) is 6.54 Å². The minimum atomic E-state index is -4.42. The molecule has 0 saturated carbocycles. The molecular formula is C12H13ClF3NO2. The fourth-order valence-corrected chi connectivity index (χ4v) is 1.61. The molecule has 0 unspecified atom stereocenters. The Bertz CT molecular complexity index is 449. The van der Waals surface area contributed by atoms with Crippen LogP contribution >= 0.6 is 11.6 Å². The first kappa shape index (κ1) is 15.6. The summed E-state index contributed by atoms with van der Waals surface area (Å²) in [5.74, 6) is -0.377. The van der Waals surface area contributed by atoms with Crippen LogP contribution in [0.3, 0.4) is 0 Å². The van der Waals surface area contributed by atoms with Crippen molar-refractivity contribution in [1.82, 2.24) is 0 Å². The van der Waals surface area contributed by atoms with Crippen LogP contribution in [0.5, 0.6) is 0 Å². The normalized spacial score (nSPS) is 11.2. The molecule has 0 aliphatic rings. The lowest BCUT2D eigenvalue weighted by atomic mass is 10.2. The minimum Gasteiger partial charge on any atom is -0.466 e. The number of ether oxygens (including phenoxy) is 1. The van der Waals surface area contributed by atoms with Crippen molar-refractivity contribution in [3.05, 3.63) is 28.8 Å². The number of hydrogen-bond acceptors (Lipinski definition) is 3. The molecule has 19 heavy (non-hydrogen) atoms. The SMILES string of the molecule is CCOC(=O)CCNc1ccc(C(F)(F)F)cc1Cl. The predicted molar refractivity (Wildman–Crippen MR) is 66.2 cm³/mol. The maximum atomic E-state index is 12.4. The lowest BCUT2D eigenvalue weighted by Gasteiger charge is -2.11. The average molecular weight is 296 g/mol. The monoisotopic (exact) mass is 295 g/mol. The van der Waals surface area contributed by atoms with E-state index in [1.54, 1.807) is 6.92 Å². The molecule has 0 aliphatic carbocycles. The van der Waals surface area contributed by atoms with Crippen molar-refractivity contribution in [3.63, 3.8) is 0 Å². The summed E-state index contributed by atoms with van der Waals surface area (Å²) in [7, 11) is 0. The van der Waals surface area contributed by atoms with Crippen LogP contribution in [0.4, 0.5) is 18.9 Å². The third kappa shape index (κ3) is 4.98. The number of anilines is 1. The summed E-state index contributed by atoms with van der Waals surface area (Å²) in [6.45, 7) is 2.22. The number of esters is 1. The third-order valence-electron chi connectivity index (χ3n) is 2.25. The maximum Gasteiger partial charge on any atom is 0.416 e. The number of nitrogens with one attached hydrogen (secondary N) is 1. The molecule has 0 bridgehead atoms. The Balaban J connectivity index is 2.58. The van der Waals surface area contributed by atoms with Gasteiger partial charge in [0.2, 0.25) is 0 Å². The molecule has 0 aliphatic heterocycles. The Morgan fingerprint density at radius 2 is 2.11 bits per heavy atom. The highest BCUT2D eigenvalue weighted by atomic mass is 35.5. The zero-order valence-corrected chi connectivity index (χ0v) is 10.9. The van der Waals surface area contributed by atoms with Gasteiger partial charge in [-0.25, -0.2) is 0 Å². The molecule has 1 aromatic carbocycles. The molecule has 0 radical (unpaired) electrons. The third-order valence-corrected chi connectivity index (χ3v) is 2.56. The van der Waals surface area contributed by atoms with E-state index in [0.29, 0.717) is 12.3 Å². The Morgan fingerprint density at radius 3 is 2.63 bits per heavy atom. The van der Waals surface area contributed by atoms with E-state index in [4.69, 9.17) is 16.3 Å². The molecule has 0 spiro atoms. The van der Waals surface area contributed by atoms with Gasteiger partial charge in [0.25, 0.3) is 0 Å². The van der Waals surface area contributed by atoms with Crippen LogP contribution in [0.25, 0.3) is 0 Å². The Labute approximate surface area is 113 Å². The van der Waals surface area contributed by atoms with Crippen LogP contribution in [0.2, 0.25) is 5.02 Å². The van der Waals surface area contributed by atoms with Gasteiger partial charge < -0.3 is 10.1 Å². The van der Waals surface area contributed by atoms with Crippen molar-refractivity contribution < 1.29 is 22.7 Å². The Morgan fingerprint density at radius 1 is 1.42 bits per heavy atom. The topological polar surface area (TPSA) is 38.3 Å². The summed E-state index contributed by atoms with van der Waals surface area (Å²) in [6, 6.07) is 3.00. The standard InChI is InChI=1S/C12H13ClF3NO2/c1-2-19-11(18)5-6-17-10-4-3-8(7-9(10)13)12(14,15)16/h3-4,7,17H,2,5-6H2,1H3. The van der Waals surface area contributed by atoms with Crippen molar-refractivity contribution >= 4 is 23.3 Å². The van der Waals surface area contributed by atoms with Crippen LogP contribution in [0.1, 0.15) is 18.9 Å². The number of carbonyl (C=O) groups excluding carboxylic acids is 1. The van der Waals surface area contributed by atoms with Crippen LogP contribution in [-0.4, -0.2) is 19.1 Å². The summed E-state index contributed by atoms with van der Waals surface area (Å²) < 4.78 is 41.9. The molecule has 1 rings (SSSR count). The zero-order valence-electron chi connectivity index (χ0n) is 10.2. The van der Waals surface area contributed by atoms with Crippen LogP contribution in [0.15, 0.2) is 18.2 Å². The van der Waals surface area contributed by atoms with Gasteiger partial charge in [-0.3, -0.25) is 4.79 Å². The molecule has 0 atom stereocenters. The molecule has 106 valence electrons. The van der Waals surface area contributed by atoms with Gasteiger partial charge in [0.1, 0.15) is 0 Å². The van der Waals surface area contributed by atoms with E-state index in [1.807, 2.05) is 0 Å². The second-order valence-corrected chi connectivity index (χ2v) is 4.08. The number of benzene rings is 1. The van der Waals surface area contributed by atoms with E-state index in [9.17, 15) is 18.0 Å². The van der Waals surface area contributed by atoms with E-state index >= 15 is 0 Å². The lowest BCUT2D eigenvalue weighted by molar-refractivity contribution is -0.142. The molecule has 0 saturated heterocycles. The lowest BCUT2D eigenvalue weighted by Crippen LogP contribution is -2.12. The largest absolute Gasteiger partial charge is 0.466 e. The summed E-state index contributed by atoms with van der Waals surface area (Å²) in [4.78, 5) is 11.1. The van der Waals surface area contributed by atoms with Crippen molar-refractivity contribution in [1.29, 1.82) is 0 Å². The molecule has 0 amide bonds. The fraction of sp³-hybridized carbons (Fsp3) is 0.417. The molecule has 0 heterocycles. The summed E-state index contributed by atoms with van der Waals surface area (Å²) in [6.07, 6.45) is -4.31. The quantitative estimate of drug-likeness (QED) is 0.841. The number of rotatable bonds is 5. The van der Waals surface area contributed by atoms with E-state index < -0.39 is 11.7 Å². The van der Waals surface area contributed by atoms with Gasteiger partial charge in [-0.2, -0.15) is 13.2 Å². The average Bonchev–Trinajstić information content (AvgIpc) is 2.30. The summed E-state index contributed by atoms with van der Waals surface area (Å²) >= 11 is 5.73. The molecular weight excluding hydrogens is 283 g/mol. The van der Waals surface area contributed by atoms with Gasteiger partial charge in [-0.15, -0.1) is 0 Å². The van der Waals surface area contributed by atoms with E-state index in [2.05, 4.69) is 5.32 Å². The Hall–Kier alpha value is -1.43. The smallest absolute Gasteiger partial charge is 0.416 e. The number of alkyl halides is 3. The van der Waals surface area contributed by atoms with Gasteiger partial charge >= 0.3 is 12.1 Å². The molecule has 0 fully saturated rings. The van der Waals surface area contributed by atoms with Gasteiger partial charge in [-0.1, -0.05) is 11.6 Å². The second kappa shape index (κ2) is 6.65. The molecule has 3 nitrogen and oxygen atoms in total. The number of halogens is 4. The van der Waals surface area contributed by atoms with Crippen molar-refractivity contribution in [2.45, 2.75) is 19.5 Å². The summed E-state index contributed by atoms with van der Waals surface area (Å²) in [5.41, 5.74) is -0.465. The van der Waals surface area contributed by atoms with Crippen LogP contribution in [-0.2, 0) is 15.7 Å². The summed E-state index contributed by atoms with van der Waals surface area (Å²) in [5, 5.41) is 2.74. The molecule has 1 N–H and O–H groups in total. The Kier molecular flexibility index (Phi) is 5.47. The van der Waals surface area contributed by atoms with Crippen molar-refractivity contribution in [2.75, 3.05) is 18.5 Å². The van der Waals surface area contributed by atoms with Crippen molar-refractivity contribution in [2.24, 2.45) is 0 Å². The first-order valence-corrected chi connectivity index (χ1v) is 5.98. The van der Waals surface area contributed by atoms with Crippen LogP contribution < -0.4 is 5.32 Å². The highest BCUT2D eigenvalue weighted by Crippen LogP contribution is 2.33. The highest BCUT2D eigenvalue weighted by Gasteiger charge is 2.30.